The number of hydrogen-bond donors (Lipinski definition) is 1. The van der Waals surface area contributed by atoms with Crippen molar-refractivity contribution in [3.05, 3.63) is 45.2 Å². The summed E-state index contributed by atoms with van der Waals surface area (Å²) >= 11 is 1.33. The first kappa shape index (κ1) is 22.7. The van der Waals surface area contributed by atoms with Crippen molar-refractivity contribution in [3.8, 4) is 5.13 Å². The van der Waals surface area contributed by atoms with Crippen molar-refractivity contribution < 1.29 is 19.4 Å². The number of aromatic carboxylic acids is 1. The van der Waals surface area contributed by atoms with E-state index >= 15 is 0 Å². The van der Waals surface area contributed by atoms with Crippen LogP contribution in [0.15, 0.2) is 28.6 Å². The lowest BCUT2D eigenvalue weighted by Crippen LogP contribution is -2.51. The summed E-state index contributed by atoms with van der Waals surface area (Å²) in [6.07, 6.45) is 7.75. The Morgan fingerprint density at radius 2 is 2.12 bits per heavy atom. The highest BCUT2D eigenvalue weighted by atomic mass is 32.1. The minimum Gasteiger partial charge on any atom is -0.477 e. The average Bonchev–Trinajstić information content (AvgIpc) is 3.32. The number of aromatic nitrogens is 3. The summed E-state index contributed by atoms with van der Waals surface area (Å²) in [5.41, 5.74) is 0.122. The van der Waals surface area contributed by atoms with Crippen molar-refractivity contribution in [2.75, 3.05) is 24.6 Å². The zero-order valence-corrected chi connectivity index (χ0v) is 19.7. The number of carboxylic acid groups (broad SMARTS) is 1. The van der Waals surface area contributed by atoms with E-state index in [1.807, 2.05) is 4.90 Å². The Morgan fingerprint density at radius 3 is 2.79 bits per heavy atom. The molecule has 34 heavy (non-hydrogen) atoms. The molecule has 5 rings (SSSR count). The molecule has 3 aromatic heterocycles. The van der Waals surface area contributed by atoms with Gasteiger partial charge in [0.25, 0.3) is 0 Å². The van der Waals surface area contributed by atoms with Gasteiger partial charge in [0.15, 0.2) is 10.8 Å². The molecule has 0 aliphatic carbocycles. The largest absolute Gasteiger partial charge is 0.477 e. The zero-order chi connectivity index (χ0) is 23.8. The molecule has 0 radical (unpaired) electrons. The van der Waals surface area contributed by atoms with E-state index in [0.29, 0.717) is 41.7 Å². The fourth-order valence-corrected chi connectivity index (χ4v) is 5.30. The number of carboxylic acids is 1. The first-order chi connectivity index (χ1) is 16.4. The Bertz CT molecular complexity index is 1290. The number of aryl methyl sites for hydroxylation is 1. The molecule has 0 amide bonds. The van der Waals surface area contributed by atoms with Crippen LogP contribution in [-0.4, -0.2) is 57.2 Å². The third kappa shape index (κ3) is 4.23. The number of carbonyl (C=O) groups is 2. The number of rotatable bonds is 7. The molecule has 178 valence electrons. The number of thiazole rings is 1. The number of Topliss-reactive ketones (excluding diaryl/α,β-unsaturated/α-hetero) is 1. The molecule has 0 unspecified atom stereocenters. The normalized spacial score (nSPS) is 18.7. The van der Waals surface area contributed by atoms with Gasteiger partial charge in [-0.3, -0.25) is 14.2 Å². The van der Waals surface area contributed by atoms with E-state index in [9.17, 15) is 19.5 Å². The molecule has 3 aromatic rings. The summed E-state index contributed by atoms with van der Waals surface area (Å²) in [6, 6.07) is 1.79. The van der Waals surface area contributed by atoms with E-state index in [-0.39, 0.29) is 28.8 Å². The lowest BCUT2D eigenvalue weighted by atomic mass is 9.90. The fraction of sp³-hybridized carbons (Fsp3) is 0.458. The molecule has 10 heteroatoms. The van der Waals surface area contributed by atoms with Gasteiger partial charge >= 0.3 is 5.97 Å². The minimum absolute atomic E-state index is 0.0306. The maximum Gasteiger partial charge on any atom is 0.341 e. The number of nitrogens with zero attached hydrogens (tertiary/aromatic N) is 4. The number of ether oxygens (including phenoxy) is 1. The molecule has 1 N–H and O–H groups in total. The molecular formula is C24H26N4O5S. The van der Waals surface area contributed by atoms with Crippen LogP contribution in [0.4, 0.5) is 5.82 Å². The molecule has 9 nitrogen and oxygen atoms in total. The van der Waals surface area contributed by atoms with Gasteiger partial charge in [0, 0.05) is 43.9 Å². The van der Waals surface area contributed by atoms with Gasteiger partial charge in [-0.15, -0.1) is 11.3 Å². The summed E-state index contributed by atoms with van der Waals surface area (Å²) in [6.45, 7) is 3.73. The van der Waals surface area contributed by atoms with Crippen LogP contribution in [-0.2, 0) is 9.53 Å². The molecule has 1 atom stereocenters. The molecule has 0 saturated carbocycles. The third-order valence-electron chi connectivity index (χ3n) is 6.65. The van der Waals surface area contributed by atoms with Gasteiger partial charge in [0.1, 0.15) is 17.2 Å². The van der Waals surface area contributed by atoms with E-state index in [0.717, 1.165) is 25.9 Å². The SMILES string of the molecule is Cc1cc(N2CC(C(=O)CC[C@@H]3CCCCO3)C2)nc2c1c(=O)c(C(=O)O)cn2-c1nccs1. The van der Waals surface area contributed by atoms with Crippen LogP contribution in [0, 0.1) is 12.8 Å². The van der Waals surface area contributed by atoms with Crippen LogP contribution in [0.1, 0.15) is 48.0 Å². The summed E-state index contributed by atoms with van der Waals surface area (Å²) in [5, 5.41) is 12.1. The molecular weight excluding hydrogens is 456 g/mol. The zero-order valence-electron chi connectivity index (χ0n) is 18.9. The minimum atomic E-state index is -1.29. The van der Waals surface area contributed by atoms with Crippen molar-refractivity contribution >= 4 is 39.9 Å². The van der Waals surface area contributed by atoms with Gasteiger partial charge in [0.2, 0.25) is 5.43 Å². The van der Waals surface area contributed by atoms with Crippen LogP contribution >= 0.6 is 11.3 Å². The molecule has 0 spiro atoms. The highest BCUT2D eigenvalue weighted by molar-refractivity contribution is 7.12. The molecule has 0 aromatic carbocycles. The molecule has 2 fully saturated rings. The standard InChI is InChI=1S/C24H26N4O5S/c1-14-10-19(27-11-15(12-27)18(29)6-5-16-4-2-3-8-33-16)26-22-20(14)21(30)17(23(31)32)13-28(22)24-25-7-9-34-24/h7,9-10,13,15-16H,2-6,8,11-12H2,1H3,(H,31,32)/t16-/m0/s1. The van der Waals surface area contributed by atoms with Gasteiger partial charge < -0.3 is 14.7 Å². The quantitative estimate of drug-likeness (QED) is 0.546. The second-order valence-corrected chi connectivity index (χ2v) is 9.83. The Balaban J connectivity index is 1.38. The van der Waals surface area contributed by atoms with Crippen LogP contribution in [0.25, 0.3) is 16.2 Å². The Morgan fingerprint density at radius 1 is 1.29 bits per heavy atom. The Labute approximate surface area is 200 Å². The predicted molar refractivity (Wildman–Crippen MR) is 128 cm³/mol. The van der Waals surface area contributed by atoms with Crippen LogP contribution < -0.4 is 10.3 Å². The second kappa shape index (κ2) is 9.27. The van der Waals surface area contributed by atoms with E-state index in [4.69, 9.17) is 9.72 Å². The average molecular weight is 483 g/mol. The van der Waals surface area contributed by atoms with Crippen molar-refractivity contribution in [3.63, 3.8) is 0 Å². The Kier molecular flexibility index (Phi) is 6.18. The van der Waals surface area contributed by atoms with E-state index in [2.05, 4.69) is 4.98 Å². The smallest absolute Gasteiger partial charge is 0.341 e. The van der Waals surface area contributed by atoms with E-state index in [1.54, 1.807) is 29.1 Å². The van der Waals surface area contributed by atoms with Gasteiger partial charge in [-0.1, -0.05) is 0 Å². The number of pyridine rings is 2. The Hall–Kier alpha value is -3.11. The van der Waals surface area contributed by atoms with Gasteiger partial charge in [0.05, 0.1) is 17.4 Å². The summed E-state index contributed by atoms with van der Waals surface area (Å²) in [5.74, 6) is -0.397. The van der Waals surface area contributed by atoms with E-state index in [1.165, 1.54) is 24.0 Å². The maximum absolute atomic E-state index is 12.9. The highest BCUT2D eigenvalue weighted by Crippen LogP contribution is 2.29. The maximum atomic E-state index is 12.9. The first-order valence-electron chi connectivity index (χ1n) is 11.5. The van der Waals surface area contributed by atoms with Crippen molar-refractivity contribution in [1.29, 1.82) is 0 Å². The van der Waals surface area contributed by atoms with E-state index < -0.39 is 11.4 Å². The van der Waals surface area contributed by atoms with Crippen LogP contribution in [0.5, 0.6) is 0 Å². The number of fused-ring (bicyclic) bond motifs is 1. The van der Waals surface area contributed by atoms with Gasteiger partial charge in [-0.05, 0) is 44.2 Å². The first-order valence-corrected chi connectivity index (χ1v) is 12.4. The molecule has 2 saturated heterocycles. The molecule has 2 aliphatic rings. The number of hydrogen-bond acceptors (Lipinski definition) is 8. The van der Waals surface area contributed by atoms with Crippen LogP contribution in [0.3, 0.4) is 0 Å². The summed E-state index contributed by atoms with van der Waals surface area (Å²) in [7, 11) is 0. The summed E-state index contributed by atoms with van der Waals surface area (Å²) < 4.78 is 7.30. The van der Waals surface area contributed by atoms with Gasteiger partial charge in [-0.2, -0.15) is 0 Å². The number of anilines is 1. The lowest BCUT2D eigenvalue weighted by molar-refractivity contribution is -0.124. The highest BCUT2D eigenvalue weighted by Gasteiger charge is 2.34. The molecule has 5 heterocycles. The number of ketones is 1. The van der Waals surface area contributed by atoms with Crippen molar-refractivity contribution in [1.82, 2.24) is 14.5 Å². The van der Waals surface area contributed by atoms with Crippen molar-refractivity contribution in [2.24, 2.45) is 5.92 Å². The van der Waals surface area contributed by atoms with Crippen LogP contribution in [0.2, 0.25) is 0 Å². The monoisotopic (exact) mass is 482 g/mol. The topological polar surface area (TPSA) is 115 Å². The molecule has 2 aliphatic heterocycles. The predicted octanol–water partition coefficient (Wildman–Crippen LogP) is 3.20. The summed E-state index contributed by atoms with van der Waals surface area (Å²) in [4.78, 5) is 48.3. The van der Waals surface area contributed by atoms with Gasteiger partial charge in [-0.25, -0.2) is 14.8 Å². The number of carbonyl (C=O) groups excluding carboxylic acids is 1. The molecule has 0 bridgehead atoms. The second-order valence-electron chi connectivity index (χ2n) is 8.95. The third-order valence-corrected chi connectivity index (χ3v) is 7.42. The fourth-order valence-electron chi connectivity index (χ4n) is 4.68. The lowest BCUT2D eigenvalue weighted by Gasteiger charge is -2.39. The van der Waals surface area contributed by atoms with Crippen molar-refractivity contribution in [2.45, 2.75) is 45.1 Å².